The van der Waals surface area contributed by atoms with E-state index < -0.39 is 0 Å². The fraction of sp³-hybridized carbons (Fsp3) is 0.286. The summed E-state index contributed by atoms with van der Waals surface area (Å²) >= 11 is 6.23. The van der Waals surface area contributed by atoms with Crippen LogP contribution in [-0.2, 0) is 13.1 Å². The third-order valence-electron chi connectivity index (χ3n) is 5.46. The van der Waals surface area contributed by atoms with Gasteiger partial charge in [-0.15, -0.1) is 10.2 Å². The van der Waals surface area contributed by atoms with Crippen LogP contribution in [0.1, 0.15) is 28.9 Å². The topological polar surface area (TPSA) is 72.0 Å². The van der Waals surface area contributed by atoms with Gasteiger partial charge in [0.1, 0.15) is 11.5 Å². The Labute approximate surface area is 173 Å². The van der Waals surface area contributed by atoms with E-state index in [9.17, 15) is 5.11 Å². The molecule has 0 fully saturated rings. The summed E-state index contributed by atoms with van der Waals surface area (Å²) < 4.78 is 3.94. The second-order valence-electron chi connectivity index (χ2n) is 7.31. The molecule has 29 heavy (non-hydrogen) atoms. The number of aromatic nitrogens is 5. The lowest BCUT2D eigenvalue weighted by atomic mass is 10.1. The van der Waals surface area contributed by atoms with Gasteiger partial charge in [0.05, 0.1) is 30.9 Å². The zero-order valence-electron chi connectivity index (χ0n) is 16.0. The molecule has 1 N–H and O–H groups in total. The summed E-state index contributed by atoms with van der Waals surface area (Å²) in [5, 5.41) is 23.2. The number of hydrogen-bond acceptors (Lipinski definition) is 5. The molecule has 8 heteroatoms. The molecule has 0 amide bonds. The van der Waals surface area contributed by atoms with Gasteiger partial charge in [0, 0.05) is 17.8 Å². The quantitative estimate of drug-likeness (QED) is 0.702. The molecular weight excluding hydrogens is 388 g/mol. The van der Waals surface area contributed by atoms with Gasteiger partial charge in [-0.05, 0) is 42.8 Å². The van der Waals surface area contributed by atoms with Crippen molar-refractivity contribution in [2.75, 3.05) is 6.61 Å². The zero-order chi connectivity index (χ0) is 20.0. The van der Waals surface area contributed by atoms with E-state index in [4.69, 9.17) is 11.6 Å². The fourth-order valence-corrected chi connectivity index (χ4v) is 4.39. The summed E-state index contributed by atoms with van der Waals surface area (Å²) in [6.07, 6.45) is 8.36. The summed E-state index contributed by atoms with van der Waals surface area (Å²) in [4.78, 5) is 2.35. The summed E-state index contributed by atoms with van der Waals surface area (Å²) in [7, 11) is 0. The Morgan fingerprint density at radius 3 is 2.90 bits per heavy atom. The molecule has 2 atom stereocenters. The van der Waals surface area contributed by atoms with Gasteiger partial charge in [-0.2, -0.15) is 5.10 Å². The number of nitrogens with zero attached hydrogens (tertiary/aromatic N) is 6. The maximum absolute atomic E-state index is 9.23. The largest absolute Gasteiger partial charge is 0.394 e. The highest BCUT2D eigenvalue weighted by Crippen LogP contribution is 2.41. The molecule has 0 radical (unpaired) electrons. The highest BCUT2D eigenvalue weighted by Gasteiger charge is 2.38. The lowest BCUT2D eigenvalue weighted by molar-refractivity contribution is 0.269. The van der Waals surface area contributed by atoms with Crippen LogP contribution in [0.5, 0.6) is 0 Å². The molecule has 2 unspecified atom stereocenters. The lowest BCUT2D eigenvalue weighted by Crippen LogP contribution is -2.35. The van der Waals surface area contributed by atoms with Crippen LogP contribution in [0, 0.1) is 6.92 Å². The fourth-order valence-electron chi connectivity index (χ4n) is 4.18. The van der Waals surface area contributed by atoms with Gasteiger partial charge < -0.3 is 14.6 Å². The number of halogens is 1. The number of aryl methyl sites for hydroxylation is 1. The predicted molar refractivity (Wildman–Crippen MR) is 111 cm³/mol. The molecular formula is C21H21ClN6O. The van der Waals surface area contributed by atoms with Crippen molar-refractivity contribution in [2.45, 2.75) is 32.1 Å². The van der Waals surface area contributed by atoms with E-state index in [2.05, 4.69) is 43.0 Å². The van der Waals surface area contributed by atoms with Crippen molar-refractivity contribution >= 4 is 23.4 Å². The first-order chi connectivity index (χ1) is 14.1. The van der Waals surface area contributed by atoms with Crippen LogP contribution in [0.15, 0.2) is 48.7 Å². The van der Waals surface area contributed by atoms with E-state index >= 15 is 0 Å². The Hall–Kier alpha value is -2.90. The highest BCUT2D eigenvalue weighted by atomic mass is 35.5. The van der Waals surface area contributed by atoms with E-state index in [1.165, 1.54) is 0 Å². The third-order valence-corrected chi connectivity index (χ3v) is 5.69. The van der Waals surface area contributed by atoms with E-state index in [1.54, 1.807) is 4.68 Å². The van der Waals surface area contributed by atoms with Crippen molar-refractivity contribution in [1.29, 1.82) is 0 Å². The van der Waals surface area contributed by atoms with Crippen LogP contribution in [0.4, 0.5) is 0 Å². The van der Waals surface area contributed by atoms with Gasteiger partial charge in [0.2, 0.25) is 0 Å². The molecule has 4 heterocycles. The molecule has 2 aliphatic rings. The van der Waals surface area contributed by atoms with Crippen LogP contribution in [0.2, 0.25) is 5.02 Å². The Morgan fingerprint density at radius 2 is 2.07 bits per heavy atom. The summed E-state index contributed by atoms with van der Waals surface area (Å²) in [5.41, 5.74) is 3.08. The Bertz CT molecular complexity index is 1110. The van der Waals surface area contributed by atoms with Crippen LogP contribution >= 0.6 is 11.6 Å². The van der Waals surface area contributed by atoms with E-state index in [0.717, 1.165) is 33.6 Å². The average Bonchev–Trinajstić information content (AvgIpc) is 3.40. The Kier molecular flexibility index (Phi) is 4.49. The molecule has 0 saturated carbocycles. The molecule has 7 nitrogen and oxygen atoms in total. The normalized spacial score (nSPS) is 20.0. The van der Waals surface area contributed by atoms with Crippen LogP contribution in [0.3, 0.4) is 0 Å². The minimum absolute atomic E-state index is 0.0592. The van der Waals surface area contributed by atoms with Gasteiger partial charge >= 0.3 is 0 Å². The molecule has 3 aromatic rings. The smallest absolute Gasteiger partial charge is 0.157 e. The summed E-state index contributed by atoms with van der Waals surface area (Å²) in [6, 6.07) is 10.2. The first-order valence-electron chi connectivity index (χ1n) is 9.61. The molecule has 148 valence electrons. The molecule has 0 aliphatic carbocycles. The first-order valence-corrected chi connectivity index (χ1v) is 9.99. The lowest BCUT2D eigenvalue weighted by Gasteiger charge is -2.33. The summed E-state index contributed by atoms with van der Waals surface area (Å²) in [5.74, 6) is 1.76. The molecule has 0 saturated heterocycles. The minimum Gasteiger partial charge on any atom is -0.394 e. The van der Waals surface area contributed by atoms with Crippen molar-refractivity contribution in [3.05, 3.63) is 76.6 Å². The molecule has 5 rings (SSSR count). The Morgan fingerprint density at radius 1 is 1.17 bits per heavy atom. The number of fused-ring (bicyclic) bond motifs is 3. The monoisotopic (exact) mass is 408 g/mol. The van der Waals surface area contributed by atoms with Crippen molar-refractivity contribution < 1.29 is 5.11 Å². The minimum atomic E-state index is 0.0592. The second kappa shape index (κ2) is 7.17. The molecule has 2 aromatic heterocycles. The Balaban J connectivity index is 1.56. The SMILES string of the molecule is Cc1nnc2n1C1C=C(c3ccn(CCO)n3)N(Cc3cccc(Cl)c3)C1C=C2. The van der Waals surface area contributed by atoms with Gasteiger partial charge in [0.25, 0.3) is 0 Å². The van der Waals surface area contributed by atoms with Crippen molar-refractivity contribution in [1.82, 2.24) is 29.4 Å². The maximum Gasteiger partial charge on any atom is 0.157 e. The number of aliphatic hydroxyl groups is 1. The predicted octanol–water partition coefficient (Wildman–Crippen LogP) is 2.92. The van der Waals surface area contributed by atoms with Crippen LogP contribution in [0.25, 0.3) is 11.8 Å². The average molecular weight is 409 g/mol. The highest BCUT2D eigenvalue weighted by molar-refractivity contribution is 6.30. The third kappa shape index (κ3) is 3.16. The standard InChI is InChI=1S/C21H21ClN6O/c1-14-23-24-21-6-5-18-20(28(14)21)12-19(17-7-8-26(25-17)9-10-29)27(18)13-15-3-2-4-16(22)11-15/h2-8,11-12,18,20,29H,9-10,13H2,1H3. The first kappa shape index (κ1) is 18.1. The number of hydrogen-bond donors (Lipinski definition) is 1. The molecule has 0 bridgehead atoms. The second-order valence-corrected chi connectivity index (χ2v) is 7.75. The van der Waals surface area contributed by atoms with E-state index in [-0.39, 0.29) is 18.7 Å². The van der Waals surface area contributed by atoms with Crippen LogP contribution < -0.4 is 0 Å². The van der Waals surface area contributed by atoms with Gasteiger partial charge in [-0.1, -0.05) is 29.8 Å². The molecule has 1 aromatic carbocycles. The van der Waals surface area contributed by atoms with Crippen molar-refractivity contribution in [3.63, 3.8) is 0 Å². The van der Waals surface area contributed by atoms with E-state index in [0.29, 0.717) is 13.1 Å². The number of benzene rings is 1. The molecule has 0 spiro atoms. The summed E-state index contributed by atoms with van der Waals surface area (Å²) in [6.45, 7) is 3.23. The van der Waals surface area contributed by atoms with Gasteiger partial charge in [-0.3, -0.25) is 4.68 Å². The number of rotatable bonds is 5. The number of aliphatic hydroxyl groups excluding tert-OH is 1. The molecule has 2 aliphatic heterocycles. The zero-order valence-corrected chi connectivity index (χ0v) is 16.7. The van der Waals surface area contributed by atoms with Crippen molar-refractivity contribution in [3.8, 4) is 0 Å². The van der Waals surface area contributed by atoms with Gasteiger partial charge in [0.15, 0.2) is 5.82 Å². The maximum atomic E-state index is 9.23. The van der Waals surface area contributed by atoms with Gasteiger partial charge in [-0.25, -0.2) is 0 Å². The van der Waals surface area contributed by atoms with Crippen LogP contribution in [-0.4, -0.2) is 47.2 Å². The van der Waals surface area contributed by atoms with Crippen molar-refractivity contribution in [2.24, 2.45) is 0 Å². The van der Waals surface area contributed by atoms with E-state index in [1.807, 2.05) is 43.5 Å².